The van der Waals surface area contributed by atoms with Crippen molar-refractivity contribution in [2.75, 3.05) is 44.7 Å². The van der Waals surface area contributed by atoms with Crippen molar-refractivity contribution in [2.45, 2.75) is 31.3 Å². The van der Waals surface area contributed by atoms with E-state index in [9.17, 15) is 0 Å². The second-order valence-electron chi connectivity index (χ2n) is 5.00. The van der Waals surface area contributed by atoms with Gasteiger partial charge in [-0.1, -0.05) is 0 Å². The van der Waals surface area contributed by atoms with E-state index in [-0.39, 0.29) is 0 Å². The lowest BCUT2D eigenvalue weighted by atomic mass is 10.1. The Morgan fingerprint density at radius 1 is 1.38 bits per heavy atom. The van der Waals surface area contributed by atoms with Gasteiger partial charge in [-0.15, -0.1) is 0 Å². The Balaban J connectivity index is 1.83. The van der Waals surface area contributed by atoms with Crippen LogP contribution in [-0.2, 0) is 0 Å². The van der Waals surface area contributed by atoms with Gasteiger partial charge in [-0.25, -0.2) is 0 Å². The minimum Gasteiger partial charge on any atom is -0.329 e. The van der Waals surface area contributed by atoms with E-state index < -0.39 is 0 Å². The fourth-order valence-electron chi connectivity index (χ4n) is 3.05. The monoisotopic (exact) mass is 243 g/mol. The summed E-state index contributed by atoms with van der Waals surface area (Å²) < 4.78 is 0. The molecule has 0 aromatic carbocycles. The Bertz CT molecular complexity index is 212. The van der Waals surface area contributed by atoms with Gasteiger partial charge >= 0.3 is 0 Å². The third-order valence-corrected chi connectivity index (χ3v) is 4.71. The van der Waals surface area contributed by atoms with E-state index in [2.05, 4.69) is 16.1 Å². The molecule has 2 aliphatic heterocycles. The highest BCUT2D eigenvalue weighted by atomic mass is 32.2. The van der Waals surface area contributed by atoms with Crippen LogP contribution in [0.25, 0.3) is 0 Å². The summed E-state index contributed by atoms with van der Waals surface area (Å²) >= 11 is 1.94. The van der Waals surface area contributed by atoms with Crippen LogP contribution in [0.1, 0.15) is 19.3 Å². The van der Waals surface area contributed by atoms with E-state index in [0.717, 1.165) is 12.6 Å². The molecule has 2 heterocycles. The fraction of sp³-hybridized carbons (Fsp3) is 1.00. The topological polar surface area (TPSA) is 32.5 Å². The largest absolute Gasteiger partial charge is 0.329 e. The highest BCUT2D eigenvalue weighted by Gasteiger charge is 2.32. The molecule has 0 amide bonds. The van der Waals surface area contributed by atoms with Crippen LogP contribution in [0.2, 0.25) is 0 Å². The number of nitrogens with zero attached hydrogens (tertiary/aromatic N) is 2. The number of hydrogen-bond donors (Lipinski definition) is 1. The van der Waals surface area contributed by atoms with Crippen LogP contribution in [0.3, 0.4) is 0 Å². The van der Waals surface area contributed by atoms with Crippen LogP contribution in [0.4, 0.5) is 0 Å². The number of rotatable bonds is 5. The third-order valence-electron chi connectivity index (χ3n) is 4.06. The molecule has 2 aliphatic rings. The lowest BCUT2D eigenvalue weighted by Gasteiger charge is -2.41. The van der Waals surface area contributed by atoms with Crippen LogP contribution in [-0.4, -0.2) is 66.6 Å². The first-order valence-electron chi connectivity index (χ1n) is 6.52. The van der Waals surface area contributed by atoms with Gasteiger partial charge in [0.25, 0.3) is 0 Å². The van der Waals surface area contributed by atoms with Gasteiger partial charge in [-0.2, -0.15) is 11.8 Å². The first-order valence-corrected chi connectivity index (χ1v) is 7.91. The smallest absolute Gasteiger partial charge is 0.0227 e. The predicted molar refractivity (Wildman–Crippen MR) is 72.0 cm³/mol. The maximum atomic E-state index is 5.92. The maximum Gasteiger partial charge on any atom is 0.0227 e. The van der Waals surface area contributed by atoms with Crippen molar-refractivity contribution in [1.82, 2.24) is 9.80 Å². The lowest BCUT2D eigenvalue weighted by Crippen LogP contribution is -2.55. The van der Waals surface area contributed by atoms with Crippen molar-refractivity contribution in [3.63, 3.8) is 0 Å². The van der Waals surface area contributed by atoms with Gasteiger partial charge in [0.15, 0.2) is 0 Å². The molecule has 2 atom stereocenters. The molecule has 0 bridgehead atoms. The van der Waals surface area contributed by atoms with Gasteiger partial charge in [-0.3, -0.25) is 9.80 Å². The second kappa shape index (κ2) is 6.24. The van der Waals surface area contributed by atoms with E-state index in [4.69, 9.17) is 5.73 Å². The van der Waals surface area contributed by atoms with Gasteiger partial charge in [0, 0.05) is 38.3 Å². The van der Waals surface area contributed by atoms with Gasteiger partial charge in [0.1, 0.15) is 0 Å². The normalized spacial score (nSPS) is 29.2. The molecule has 0 aliphatic carbocycles. The average Bonchev–Trinajstić information content (AvgIpc) is 2.77. The Labute approximate surface area is 104 Å². The fourth-order valence-corrected chi connectivity index (χ4v) is 3.56. The summed E-state index contributed by atoms with van der Waals surface area (Å²) in [5, 5.41) is 0. The van der Waals surface area contributed by atoms with E-state index >= 15 is 0 Å². The summed E-state index contributed by atoms with van der Waals surface area (Å²) in [7, 11) is 0. The number of thioether (sulfide) groups is 1. The summed E-state index contributed by atoms with van der Waals surface area (Å²) in [6, 6.07) is 1.45. The Kier molecular flexibility index (Phi) is 4.95. The van der Waals surface area contributed by atoms with Gasteiger partial charge in [0.05, 0.1) is 0 Å². The number of hydrogen-bond acceptors (Lipinski definition) is 4. The first kappa shape index (κ1) is 12.7. The summed E-state index contributed by atoms with van der Waals surface area (Å²) in [6.45, 7) is 5.91. The molecule has 2 unspecified atom stereocenters. The van der Waals surface area contributed by atoms with Crippen LogP contribution in [0, 0.1) is 0 Å². The van der Waals surface area contributed by atoms with Crippen molar-refractivity contribution in [1.29, 1.82) is 0 Å². The first-order chi connectivity index (χ1) is 7.85. The van der Waals surface area contributed by atoms with Gasteiger partial charge in [0.2, 0.25) is 0 Å². The van der Waals surface area contributed by atoms with Crippen LogP contribution in [0.15, 0.2) is 0 Å². The minimum absolute atomic E-state index is 0.621. The molecule has 0 aromatic heterocycles. The molecular weight excluding hydrogens is 218 g/mol. The molecule has 2 N–H and O–H groups in total. The molecule has 94 valence electrons. The summed E-state index contributed by atoms with van der Waals surface area (Å²) in [6.07, 6.45) is 6.24. The van der Waals surface area contributed by atoms with E-state index in [1.54, 1.807) is 0 Å². The Morgan fingerprint density at radius 3 is 3.00 bits per heavy atom. The number of nitrogens with two attached hydrogens (primary N) is 1. The molecule has 0 spiro atoms. The molecule has 2 fully saturated rings. The van der Waals surface area contributed by atoms with Crippen LogP contribution in [0.5, 0.6) is 0 Å². The highest BCUT2D eigenvalue weighted by molar-refractivity contribution is 7.98. The van der Waals surface area contributed by atoms with E-state index in [1.807, 2.05) is 11.8 Å². The molecule has 16 heavy (non-hydrogen) atoms. The Morgan fingerprint density at radius 2 is 2.25 bits per heavy atom. The van der Waals surface area contributed by atoms with Crippen LogP contribution >= 0.6 is 11.8 Å². The molecular formula is C12H25N3S. The van der Waals surface area contributed by atoms with E-state index in [1.165, 1.54) is 51.2 Å². The molecule has 4 heteroatoms. The molecule has 0 radical (unpaired) electrons. The van der Waals surface area contributed by atoms with Gasteiger partial charge < -0.3 is 5.73 Å². The van der Waals surface area contributed by atoms with E-state index in [0.29, 0.717) is 6.04 Å². The van der Waals surface area contributed by atoms with Crippen molar-refractivity contribution < 1.29 is 0 Å². The number of fused-ring (bicyclic) bond motifs is 1. The number of piperazine rings is 1. The van der Waals surface area contributed by atoms with Crippen molar-refractivity contribution in [2.24, 2.45) is 5.73 Å². The zero-order valence-corrected chi connectivity index (χ0v) is 11.2. The SMILES string of the molecule is CSCCC(CN)N1CCN2CCCC2C1. The Hall–Kier alpha value is 0.230. The predicted octanol–water partition coefficient (Wildman–Crippen LogP) is 0.847. The summed E-state index contributed by atoms with van der Waals surface area (Å²) in [4.78, 5) is 5.31. The molecule has 3 nitrogen and oxygen atoms in total. The second-order valence-corrected chi connectivity index (χ2v) is 5.98. The molecule has 0 aromatic rings. The van der Waals surface area contributed by atoms with Crippen molar-refractivity contribution in [3.05, 3.63) is 0 Å². The summed E-state index contributed by atoms with van der Waals surface area (Å²) in [5.74, 6) is 1.24. The summed E-state index contributed by atoms with van der Waals surface area (Å²) in [5.41, 5.74) is 5.92. The van der Waals surface area contributed by atoms with Crippen molar-refractivity contribution in [3.8, 4) is 0 Å². The third kappa shape index (κ3) is 2.92. The zero-order valence-electron chi connectivity index (χ0n) is 10.4. The quantitative estimate of drug-likeness (QED) is 0.776. The molecule has 0 saturated carbocycles. The minimum atomic E-state index is 0.621. The van der Waals surface area contributed by atoms with Crippen molar-refractivity contribution >= 4 is 11.8 Å². The molecule has 2 rings (SSSR count). The molecule has 2 saturated heterocycles. The zero-order chi connectivity index (χ0) is 11.4. The standard InChI is InChI=1S/C12H25N3S/c1-16-8-4-11(9-13)15-7-6-14-5-2-3-12(14)10-15/h11-12H,2-10,13H2,1H3. The highest BCUT2D eigenvalue weighted by Crippen LogP contribution is 2.23. The van der Waals surface area contributed by atoms with Crippen LogP contribution < -0.4 is 5.73 Å². The maximum absolute atomic E-state index is 5.92. The average molecular weight is 243 g/mol. The van der Waals surface area contributed by atoms with Gasteiger partial charge in [-0.05, 0) is 37.8 Å². The lowest BCUT2D eigenvalue weighted by molar-refractivity contribution is 0.0730.